The first kappa shape index (κ1) is 16.9. The van der Waals surface area contributed by atoms with Crippen molar-refractivity contribution in [1.82, 2.24) is 10.6 Å². The van der Waals surface area contributed by atoms with Crippen molar-refractivity contribution in [2.75, 3.05) is 19.3 Å². The number of thioether (sulfide) groups is 1. The van der Waals surface area contributed by atoms with E-state index in [1.54, 1.807) is 11.8 Å². The van der Waals surface area contributed by atoms with Gasteiger partial charge in [0.2, 0.25) is 5.91 Å². The van der Waals surface area contributed by atoms with E-state index in [1.807, 2.05) is 61.6 Å². The predicted molar refractivity (Wildman–Crippen MR) is 98.6 cm³/mol. The van der Waals surface area contributed by atoms with E-state index in [0.717, 1.165) is 35.8 Å². The van der Waals surface area contributed by atoms with E-state index < -0.39 is 0 Å². The Morgan fingerprint density at radius 1 is 1.12 bits per heavy atom. The minimum absolute atomic E-state index is 0.0921. The molecule has 2 N–H and O–H groups in total. The van der Waals surface area contributed by atoms with Crippen LogP contribution in [0.4, 0.5) is 0 Å². The molecule has 0 aliphatic carbocycles. The Morgan fingerprint density at radius 3 is 2.54 bits per heavy atom. The Balaban J connectivity index is 1.67. The fraction of sp³-hybridized carbons (Fsp3) is 0.316. The maximum absolute atomic E-state index is 12.5. The molecule has 2 aromatic carbocycles. The highest BCUT2D eigenvalue weighted by atomic mass is 32.2. The van der Waals surface area contributed by atoms with Crippen LogP contribution in [0, 0.1) is 0 Å². The minimum atomic E-state index is -0.155. The standard InChI is InChI=1S/C19H22N2O2S/c1-20-13-15-11-12-24-18(19(22)21-15)14-7-9-17(10-8-14)23-16-5-3-2-4-6-16/h2-10,15,18,20H,11-13H2,1H3,(H,21,22)/t15-,18+/m0/s1. The number of hydrogen-bond acceptors (Lipinski definition) is 4. The second-order valence-electron chi connectivity index (χ2n) is 5.79. The van der Waals surface area contributed by atoms with Crippen LogP contribution >= 0.6 is 11.8 Å². The monoisotopic (exact) mass is 342 g/mol. The van der Waals surface area contributed by atoms with E-state index in [1.165, 1.54) is 0 Å². The van der Waals surface area contributed by atoms with Gasteiger partial charge >= 0.3 is 0 Å². The molecule has 1 saturated heterocycles. The van der Waals surface area contributed by atoms with Gasteiger partial charge in [0, 0.05) is 12.6 Å². The molecule has 1 fully saturated rings. The Morgan fingerprint density at radius 2 is 1.83 bits per heavy atom. The summed E-state index contributed by atoms with van der Waals surface area (Å²) in [6.07, 6.45) is 0.989. The summed E-state index contributed by atoms with van der Waals surface area (Å²) in [5, 5.41) is 6.10. The zero-order valence-electron chi connectivity index (χ0n) is 13.7. The van der Waals surface area contributed by atoms with Crippen molar-refractivity contribution >= 4 is 17.7 Å². The summed E-state index contributed by atoms with van der Waals surface area (Å²) >= 11 is 1.70. The first-order valence-electron chi connectivity index (χ1n) is 8.15. The summed E-state index contributed by atoms with van der Waals surface area (Å²) < 4.78 is 5.81. The van der Waals surface area contributed by atoms with Gasteiger partial charge in [0.1, 0.15) is 16.7 Å². The van der Waals surface area contributed by atoms with E-state index in [2.05, 4.69) is 10.6 Å². The molecule has 0 aromatic heterocycles. The quantitative estimate of drug-likeness (QED) is 0.875. The van der Waals surface area contributed by atoms with Crippen LogP contribution in [0.15, 0.2) is 54.6 Å². The maximum Gasteiger partial charge on any atom is 0.237 e. The summed E-state index contributed by atoms with van der Waals surface area (Å²) in [5.41, 5.74) is 1.02. The number of benzene rings is 2. The highest BCUT2D eigenvalue weighted by Gasteiger charge is 2.27. The Labute approximate surface area is 147 Å². The SMILES string of the molecule is CNC[C@@H]1CCS[C@H](c2ccc(Oc3ccccc3)cc2)C(=O)N1. The number of carbonyl (C=O) groups excluding carboxylic acids is 1. The molecule has 0 bridgehead atoms. The molecule has 1 amide bonds. The summed E-state index contributed by atoms with van der Waals surface area (Å²) in [6.45, 7) is 0.808. The third kappa shape index (κ3) is 4.30. The highest BCUT2D eigenvalue weighted by molar-refractivity contribution is 8.00. The summed E-state index contributed by atoms with van der Waals surface area (Å²) in [5.74, 6) is 2.64. The molecule has 3 rings (SSSR count). The largest absolute Gasteiger partial charge is 0.457 e. The Bertz CT molecular complexity index is 661. The van der Waals surface area contributed by atoms with Gasteiger partial charge in [-0.2, -0.15) is 0 Å². The van der Waals surface area contributed by atoms with E-state index in [-0.39, 0.29) is 17.2 Å². The molecule has 1 heterocycles. The molecule has 1 aliphatic rings. The van der Waals surface area contributed by atoms with Crippen molar-refractivity contribution in [2.45, 2.75) is 17.7 Å². The molecule has 1 aliphatic heterocycles. The topological polar surface area (TPSA) is 50.4 Å². The molecular formula is C19H22N2O2S. The van der Waals surface area contributed by atoms with Gasteiger partial charge < -0.3 is 15.4 Å². The van der Waals surface area contributed by atoms with Crippen LogP contribution in [0.2, 0.25) is 0 Å². The number of hydrogen-bond donors (Lipinski definition) is 2. The molecule has 0 unspecified atom stereocenters. The van der Waals surface area contributed by atoms with Crippen molar-refractivity contribution in [3.05, 3.63) is 60.2 Å². The lowest BCUT2D eigenvalue weighted by atomic mass is 10.1. The molecule has 126 valence electrons. The van der Waals surface area contributed by atoms with Crippen LogP contribution in [-0.4, -0.2) is 31.3 Å². The van der Waals surface area contributed by atoms with Crippen LogP contribution in [0.3, 0.4) is 0 Å². The first-order valence-corrected chi connectivity index (χ1v) is 9.20. The van der Waals surface area contributed by atoms with Gasteiger partial charge in [0.15, 0.2) is 0 Å². The third-order valence-corrected chi connectivity index (χ3v) is 5.24. The lowest BCUT2D eigenvalue weighted by molar-refractivity contribution is -0.121. The molecule has 5 heteroatoms. The van der Waals surface area contributed by atoms with Crippen LogP contribution in [0.25, 0.3) is 0 Å². The van der Waals surface area contributed by atoms with Crippen LogP contribution in [0.1, 0.15) is 17.2 Å². The number of carbonyl (C=O) groups is 1. The maximum atomic E-state index is 12.5. The van der Waals surface area contributed by atoms with Crippen LogP contribution in [-0.2, 0) is 4.79 Å². The second-order valence-corrected chi connectivity index (χ2v) is 7.00. The Hall–Kier alpha value is -1.98. The van der Waals surface area contributed by atoms with Gasteiger partial charge in [0.25, 0.3) is 0 Å². The van der Waals surface area contributed by atoms with Gasteiger partial charge in [-0.15, -0.1) is 11.8 Å². The van der Waals surface area contributed by atoms with E-state index >= 15 is 0 Å². The lowest BCUT2D eigenvalue weighted by Crippen LogP contribution is -2.41. The Kier molecular flexibility index (Phi) is 5.77. The van der Waals surface area contributed by atoms with Gasteiger partial charge in [-0.05, 0) is 49.1 Å². The predicted octanol–water partition coefficient (Wildman–Crippen LogP) is 3.36. The first-order chi connectivity index (χ1) is 11.8. The highest BCUT2D eigenvalue weighted by Crippen LogP contribution is 2.33. The molecule has 0 saturated carbocycles. The normalized spacial score (nSPS) is 21.0. The van der Waals surface area contributed by atoms with Crippen LogP contribution < -0.4 is 15.4 Å². The molecule has 24 heavy (non-hydrogen) atoms. The van der Waals surface area contributed by atoms with Gasteiger partial charge in [-0.3, -0.25) is 4.79 Å². The average molecular weight is 342 g/mol. The van der Waals surface area contributed by atoms with Crippen molar-refractivity contribution in [3.8, 4) is 11.5 Å². The van der Waals surface area contributed by atoms with Crippen LogP contribution in [0.5, 0.6) is 11.5 Å². The number of rotatable bonds is 5. The number of nitrogens with one attached hydrogen (secondary N) is 2. The minimum Gasteiger partial charge on any atom is -0.457 e. The molecule has 0 spiro atoms. The zero-order valence-corrected chi connectivity index (χ0v) is 14.5. The van der Waals surface area contributed by atoms with E-state index in [4.69, 9.17) is 4.74 Å². The second kappa shape index (κ2) is 8.22. The molecule has 2 atom stereocenters. The fourth-order valence-corrected chi connectivity index (χ4v) is 3.96. The average Bonchev–Trinajstić information content (AvgIpc) is 2.78. The molecular weight excluding hydrogens is 320 g/mol. The van der Waals surface area contributed by atoms with Crippen molar-refractivity contribution in [3.63, 3.8) is 0 Å². The van der Waals surface area contributed by atoms with Crippen molar-refractivity contribution in [2.24, 2.45) is 0 Å². The van der Waals surface area contributed by atoms with Gasteiger partial charge in [-0.25, -0.2) is 0 Å². The fourth-order valence-electron chi connectivity index (χ4n) is 2.74. The summed E-state index contributed by atoms with van der Waals surface area (Å²) in [7, 11) is 1.91. The van der Waals surface area contributed by atoms with Gasteiger partial charge in [-0.1, -0.05) is 30.3 Å². The molecule has 2 aromatic rings. The molecule has 0 radical (unpaired) electrons. The van der Waals surface area contributed by atoms with E-state index in [9.17, 15) is 4.79 Å². The summed E-state index contributed by atoms with van der Waals surface area (Å²) in [6, 6.07) is 17.7. The third-order valence-electron chi connectivity index (χ3n) is 3.95. The summed E-state index contributed by atoms with van der Waals surface area (Å²) in [4.78, 5) is 12.5. The van der Waals surface area contributed by atoms with Crippen molar-refractivity contribution < 1.29 is 9.53 Å². The zero-order chi connectivity index (χ0) is 16.8. The number of likely N-dealkylation sites (N-methyl/N-ethyl adjacent to an activating group) is 1. The smallest absolute Gasteiger partial charge is 0.237 e. The number of ether oxygens (including phenoxy) is 1. The van der Waals surface area contributed by atoms with Gasteiger partial charge in [0.05, 0.1) is 0 Å². The lowest BCUT2D eigenvalue weighted by Gasteiger charge is -2.17. The number of amides is 1. The van der Waals surface area contributed by atoms with Crippen molar-refractivity contribution in [1.29, 1.82) is 0 Å². The van der Waals surface area contributed by atoms with E-state index in [0.29, 0.717) is 0 Å². The molecule has 4 nitrogen and oxygen atoms in total. The number of para-hydroxylation sites is 1.